The Labute approximate surface area is 201 Å². The van der Waals surface area contributed by atoms with Gasteiger partial charge in [0.05, 0.1) is 37.3 Å². The highest BCUT2D eigenvalue weighted by molar-refractivity contribution is 5.92. The molecule has 6 heteroatoms. The molecule has 0 unspecified atom stereocenters. The molecule has 1 amide bonds. The summed E-state index contributed by atoms with van der Waals surface area (Å²) in [7, 11) is 0. The van der Waals surface area contributed by atoms with Gasteiger partial charge in [-0.05, 0) is 30.2 Å². The molecular weight excluding hydrogens is 424 g/mol. The number of morpholine rings is 1. The molecule has 0 saturated carbocycles. The van der Waals surface area contributed by atoms with E-state index in [1.165, 1.54) is 22.4 Å². The molecule has 3 heterocycles. The SMILES string of the molecule is Cc1ccc(C(C)(C)c2ccc(N3CCc4ncc(C(=O)N5CCOCC5)nc4C3)cc2)cc1. The summed E-state index contributed by atoms with van der Waals surface area (Å²) in [5, 5.41) is 0. The van der Waals surface area contributed by atoms with E-state index in [0.29, 0.717) is 38.5 Å². The molecule has 0 radical (unpaired) electrons. The Bertz CT molecular complexity index is 1170. The third-order valence-corrected chi connectivity index (χ3v) is 7.14. The van der Waals surface area contributed by atoms with Crippen molar-refractivity contribution in [2.75, 3.05) is 37.7 Å². The molecule has 2 aromatic carbocycles. The quantitative estimate of drug-likeness (QED) is 0.590. The van der Waals surface area contributed by atoms with Gasteiger partial charge in [0.1, 0.15) is 5.69 Å². The second-order valence-electron chi connectivity index (χ2n) is 9.76. The normalized spacial score (nSPS) is 16.3. The van der Waals surface area contributed by atoms with E-state index in [1.807, 2.05) is 0 Å². The maximum Gasteiger partial charge on any atom is 0.274 e. The summed E-state index contributed by atoms with van der Waals surface area (Å²) in [6.45, 7) is 10.6. The van der Waals surface area contributed by atoms with Gasteiger partial charge in [0.25, 0.3) is 5.91 Å². The summed E-state index contributed by atoms with van der Waals surface area (Å²) in [6, 6.07) is 17.7. The van der Waals surface area contributed by atoms with Crippen LogP contribution in [0.25, 0.3) is 0 Å². The standard InChI is InChI=1S/C28H32N4O2/c1-20-4-6-21(7-5-20)28(2,3)22-8-10-23(11-9-22)32-13-12-24-26(19-32)30-25(18-29-24)27(33)31-14-16-34-17-15-31/h4-11,18H,12-17,19H2,1-3H3. The zero-order chi connectivity index (χ0) is 23.7. The Morgan fingerprint density at radius 1 is 0.912 bits per heavy atom. The van der Waals surface area contributed by atoms with Crippen LogP contribution in [0.3, 0.4) is 0 Å². The molecule has 0 atom stereocenters. The first-order chi connectivity index (χ1) is 16.4. The second kappa shape index (κ2) is 9.18. The average molecular weight is 457 g/mol. The second-order valence-corrected chi connectivity index (χ2v) is 9.76. The van der Waals surface area contributed by atoms with Gasteiger partial charge in [0.2, 0.25) is 0 Å². The molecule has 0 bridgehead atoms. The predicted molar refractivity (Wildman–Crippen MR) is 133 cm³/mol. The van der Waals surface area contributed by atoms with Crippen LogP contribution in [0.15, 0.2) is 54.7 Å². The van der Waals surface area contributed by atoms with E-state index in [4.69, 9.17) is 9.72 Å². The molecule has 3 aromatic rings. The molecular formula is C28H32N4O2. The molecule has 0 spiro atoms. The highest BCUT2D eigenvalue weighted by Gasteiger charge is 2.26. The van der Waals surface area contributed by atoms with Crippen LogP contribution >= 0.6 is 0 Å². The van der Waals surface area contributed by atoms with Gasteiger partial charge in [-0.15, -0.1) is 0 Å². The van der Waals surface area contributed by atoms with E-state index in [9.17, 15) is 4.79 Å². The molecule has 2 aliphatic rings. The van der Waals surface area contributed by atoms with Crippen LogP contribution in [0.5, 0.6) is 0 Å². The van der Waals surface area contributed by atoms with Crippen molar-refractivity contribution in [2.45, 2.75) is 39.2 Å². The molecule has 0 aliphatic carbocycles. The Morgan fingerprint density at radius 2 is 1.56 bits per heavy atom. The van der Waals surface area contributed by atoms with Crippen LogP contribution in [-0.4, -0.2) is 53.6 Å². The van der Waals surface area contributed by atoms with E-state index in [2.05, 4.69) is 79.2 Å². The molecule has 1 fully saturated rings. The minimum Gasteiger partial charge on any atom is -0.378 e. The van der Waals surface area contributed by atoms with E-state index >= 15 is 0 Å². The molecule has 34 heavy (non-hydrogen) atoms. The highest BCUT2D eigenvalue weighted by Crippen LogP contribution is 2.33. The topological polar surface area (TPSA) is 58.6 Å². The van der Waals surface area contributed by atoms with Crippen LogP contribution in [0.2, 0.25) is 0 Å². The number of rotatable bonds is 4. The van der Waals surface area contributed by atoms with Crippen molar-refractivity contribution in [1.82, 2.24) is 14.9 Å². The van der Waals surface area contributed by atoms with Crippen molar-refractivity contribution in [3.8, 4) is 0 Å². The lowest BCUT2D eigenvalue weighted by Gasteiger charge is -2.31. The Balaban J connectivity index is 1.32. The number of aromatic nitrogens is 2. The van der Waals surface area contributed by atoms with Gasteiger partial charge in [-0.3, -0.25) is 9.78 Å². The number of hydrogen-bond donors (Lipinski definition) is 0. The van der Waals surface area contributed by atoms with E-state index in [1.54, 1.807) is 11.1 Å². The van der Waals surface area contributed by atoms with E-state index in [0.717, 1.165) is 24.4 Å². The van der Waals surface area contributed by atoms with E-state index in [-0.39, 0.29) is 11.3 Å². The summed E-state index contributed by atoms with van der Waals surface area (Å²) >= 11 is 0. The molecule has 0 N–H and O–H groups in total. The molecule has 1 saturated heterocycles. The average Bonchev–Trinajstić information content (AvgIpc) is 2.88. The Hall–Kier alpha value is -3.25. The fraction of sp³-hybridized carbons (Fsp3) is 0.393. The van der Waals surface area contributed by atoms with Crippen LogP contribution in [0.1, 0.15) is 52.4 Å². The minimum absolute atomic E-state index is 0.0570. The summed E-state index contributed by atoms with van der Waals surface area (Å²) in [6.07, 6.45) is 2.46. The third-order valence-electron chi connectivity index (χ3n) is 7.14. The third kappa shape index (κ3) is 4.42. The van der Waals surface area contributed by atoms with Gasteiger partial charge in [-0.1, -0.05) is 55.8 Å². The highest BCUT2D eigenvalue weighted by atomic mass is 16.5. The number of hydrogen-bond acceptors (Lipinski definition) is 5. The molecule has 176 valence electrons. The number of benzene rings is 2. The zero-order valence-corrected chi connectivity index (χ0v) is 20.3. The van der Waals surface area contributed by atoms with Crippen LogP contribution in [0.4, 0.5) is 5.69 Å². The van der Waals surface area contributed by atoms with Gasteiger partial charge in [-0.2, -0.15) is 0 Å². The van der Waals surface area contributed by atoms with E-state index < -0.39 is 0 Å². The number of anilines is 1. The predicted octanol–water partition coefficient (Wildman–Crippen LogP) is 4.15. The molecule has 6 nitrogen and oxygen atoms in total. The van der Waals surface area contributed by atoms with Gasteiger partial charge < -0.3 is 14.5 Å². The number of ether oxygens (including phenoxy) is 1. The van der Waals surface area contributed by atoms with Crippen molar-refractivity contribution < 1.29 is 9.53 Å². The van der Waals surface area contributed by atoms with Gasteiger partial charge >= 0.3 is 0 Å². The summed E-state index contributed by atoms with van der Waals surface area (Å²) < 4.78 is 5.36. The first kappa shape index (κ1) is 22.5. The Kier molecular flexibility index (Phi) is 6.09. The fourth-order valence-electron chi connectivity index (χ4n) is 4.77. The maximum atomic E-state index is 12.9. The van der Waals surface area contributed by atoms with Gasteiger partial charge in [-0.25, -0.2) is 4.98 Å². The van der Waals surface area contributed by atoms with Crippen molar-refractivity contribution in [1.29, 1.82) is 0 Å². The fourth-order valence-corrected chi connectivity index (χ4v) is 4.77. The minimum atomic E-state index is -0.0685. The number of amides is 1. The van der Waals surface area contributed by atoms with Crippen molar-refractivity contribution in [3.63, 3.8) is 0 Å². The maximum absolute atomic E-state index is 12.9. The number of carbonyl (C=O) groups excluding carboxylic acids is 1. The molecule has 2 aliphatic heterocycles. The van der Waals surface area contributed by atoms with Crippen LogP contribution in [-0.2, 0) is 23.1 Å². The lowest BCUT2D eigenvalue weighted by Crippen LogP contribution is -2.41. The molecule has 5 rings (SSSR count). The van der Waals surface area contributed by atoms with Gasteiger partial charge in [0.15, 0.2) is 0 Å². The lowest BCUT2D eigenvalue weighted by atomic mass is 9.78. The van der Waals surface area contributed by atoms with Crippen LogP contribution in [0, 0.1) is 6.92 Å². The van der Waals surface area contributed by atoms with Crippen molar-refractivity contribution >= 4 is 11.6 Å². The lowest BCUT2D eigenvalue weighted by molar-refractivity contribution is 0.0298. The zero-order valence-electron chi connectivity index (χ0n) is 20.3. The number of fused-ring (bicyclic) bond motifs is 1. The Morgan fingerprint density at radius 3 is 2.24 bits per heavy atom. The first-order valence-corrected chi connectivity index (χ1v) is 12.1. The van der Waals surface area contributed by atoms with Gasteiger partial charge in [0, 0.05) is 37.2 Å². The number of carbonyl (C=O) groups is 1. The molecule has 1 aromatic heterocycles. The number of nitrogens with zero attached hydrogens (tertiary/aromatic N) is 4. The monoisotopic (exact) mass is 456 g/mol. The largest absolute Gasteiger partial charge is 0.378 e. The summed E-state index contributed by atoms with van der Waals surface area (Å²) in [4.78, 5) is 26.3. The van der Waals surface area contributed by atoms with Crippen molar-refractivity contribution in [2.24, 2.45) is 0 Å². The first-order valence-electron chi connectivity index (χ1n) is 12.1. The number of aryl methyl sites for hydroxylation is 1. The van der Waals surface area contributed by atoms with Crippen LogP contribution < -0.4 is 4.90 Å². The van der Waals surface area contributed by atoms with Crippen molar-refractivity contribution in [3.05, 3.63) is 88.5 Å². The smallest absolute Gasteiger partial charge is 0.274 e. The summed E-state index contributed by atoms with van der Waals surface area (Å²) in [5.41, 5.74) is 7.29. The summed E-state index contributed by atoms with van der Waals surface area (Å²) in [5.74, 6) is -0.0570.